The molecule has 2 N–H and O–H groups in total. The minimum absolute atomic E-state index is 0.0426. The summed E-state index contributed by atoms with van der Waals surface area (Å²) in [5, 5.41) is 13.2. The molecule has 0 bridgehead atoms. The van der Waals surface area contributed by atoms with Gasteiger partial charge in [-0.2, -0.15) is 0 Å². The summed E-state index contributed by atoms with van der Waals surface area (Å²) >= 11 is 5.96. The van der Waals surface area contributed by atoms with Crippen LogP contribution in [0.1, 0.15) is 42.1 Å². The maximum atomic E-state index is 12.2. The van der Waals surface area contributed by atoms with Crippen LogP contribution < -0.4 is 5.32 Å². The molecule has 1 aliphatic rings. The van der Waals surface area contributed by atoms with Crippen molar-refractivity contribution in [1.29, 1.82) is 0 Å². The average Bonchev–Trinajstić information content (AvgIpc) is 2.75. The minimum Gasteiger partial charge on any atom is -0.396 e. The Bertz CT molecular complexity index is 489. The zero-order chi connectivity index (χ0) is 14.0. The molecule has 2 rings (SSSR count). The molecule has 0 saturated heterocycles. The highest BCUT2D eigenvalue weighted by molar-refractivity contribution is 6.31. The Kier molecular flexibility index (Phi) is 4.16. The van der Waals surface area contributed by atoms with Gasteiger partial charge in [-0.05, 0) is 43.5 Å². The average molecular weight is 282 g/mol. The Labute approximate surface area is 119 Å². The third kappa shape index (κ3) is 2.93. The maximum Gasteiger partial charge on any atom is 0.251 e. The molecule has 0 spiro atoms. The van der Waals surface area contributed by atoms with Gasteiger partial charge >= 0.3 is 0 Å². The lowest BCUT2D eigenvalue weighted by Crippen LogP contribution is -2.44. The SMILES string of the molecule is Cc1cc(C(=O)NC2CCCC2(C)CO)ccc1Cl. The number of hydrogen-bond donors (Lipinski definition) is 2. The van der Waals surface area contributed by atoms with E-state index in [1.165, 1.54) is 0 Å². The summed E-state index contributed by atoms with van der Waals surface area (Å²) in [7, 11) is 0. The van der Waals surface area contributed by atoms with Crippen LogP contribution in [0.3, 0.4) is 0 Å². The van der Waals surface area contributed by atoms with Crippen molar-refractivity contribution < 1.29 is 9.90 Å². The topological polar surface area (TPSA) is 49.3 Å². The molecular formula is C15H20ClNO2. The Morgan fingerprint density at radius 2 is 2.32 bits per heavy atom. The lowest BCUT2D eigenvalue weighted by molar-refractivity contribution is 0.0830. The van der Waals surface area contributed by atoms with E-state index < -0.39 is 0 Å². The predicted octanol–water partition coefficient (Wildman–Crippen LogP) is 2.93. The summed E-state index contributed by atoms with van der Waals surface area (Å²) in [6.45, 7) is 4.02. The van der Waals surface area contributed by atoms with Gasteiger partial charge in [-0.25, -0.2) is 0 Å². The molecule has 0 heterocycles. The first-order chi connectivity index (χ1) is 8.96. The summed E-state index contributed by atoms with van der Waals surface area (Å²) in [5.41, 5.74) is 1.32. The monoisotopic (exact) mass is 281 g/mol. The van der Waals surface area contributed by atoms with Crippen LogP contribution in [0.2, 0.25) is 5.02 Å². The second-order valence-corrected chi connectivity index (χ2v) is 6.10. The van der Waals surface area contributed by atoms with Crippen LogP contribution in [0.5, 0.6) is 0 Å². The van der Waals surface area contributed by atoms with Crippen LogP contribution in [0.25, 0.3) is 0 Å². The lowest BCUT2D eigenvalue weighted by atomic mass is 9.85. The zero-order valence-corrected chi connectivity index (χ0v) is 12.1. The van der Waals surface area contributed by atoms with Gasteiger partial charge in [0.25, 0.3) is 5.91 Å². The zero-order valence-electron chi connectivity index (χ0n) is 11.4. The summed E-state index contributed by atoms with van der Waals surface area (Å²) < 4.78 is 0. The number of hydrogen-bond acceptors (Lipinski definition) is 2. The third-order valence-electron chi connectivity index (χ3n) is 4.17. The summed E-state index contributed by atoms with van der Waals surface area (Å²) in [4.78, 5) is 12.2. The first kappa shape index (κ1) is 14.4. The van der Waals surface area contributed by atoms with Gasteiger partial charge in [0.05, 0.1) is 6.61 Å². The number of nitrogens with one attached hydrogen (secondary N) is 1. The van der Waals surface area contributed by atoms with Crippen molar-refractivity contribution in [2.45, 2.75) is 39.2 Å². The molecule has 19 heavy (non-hydrogen) atoms. The molecule has 1 aromatic rings. The number of aryl methyl sites for hydroxylation is 1. The van der Waals surface area contributed by atoms with E-state index in [4.69, 9.17) is 11.6 Å². The van der Waals surface area contributed by atoms with Gasteiger partial charge in [-0.3, -0.25) is 4.79 Å². The van der Waals surface area contributed by atoms with Crippen LogP contribution in [0, 0.1) is 12.3 Å². The molecule has 1 aromatic carbocycles. The fourth-order valence-corrected chi connectivity index (χ4v) is 2.81. The molecule has 1 fully saturated rings. The fraction of sp³-hybridized carbons (Fsp3) is 0.533. The number of carbonyl (C=O) groups is 1. The number of benzene rings is 1. The largest absolute Gasteiger partial charge is 0.396 e. The molecule has 0 aliphatic heterocycles. The van der Waals surface area contributed by atoms with Gasteiger partial charge in [0.15, 0.2) is 0 Å². The smallest absolute Gasteiger partial charge is 0.251 e. The summed E-state index contributed by atoms with van der Waals surface area (Å²) in [6, 6.07) is 5.31. The van der Waals surface area contributed by atoms with Gasteiger partial charge in [0.1, 0.15) is 0 Å². The van der Waals surface area contributed by atoms with E-state index in [9.17, 15) is 9.90 Å². The van der Waals surface area contributed by atoms with Gasteiger partial charge in [0.2, 0.25) is 0 Å². The van der Waals surface area contributed by atoms with Crippen LogP contribution in [0.15, 0.2) is 18.2 Å². The first-order valence-electron chi connectivity index (χ1n) is 6.64. The molecule has 1 amide bonds. The normalized spacial score (nSPS) is 26.4. The van der Waals surface area contributed by atoms with E-state index in [0.29, 0.717) is 10.6 Å². The van der Waals surface area contributed by atoms with Crippen molar-refractivity contribution in [3.05, 3.63) is 34.3 Å². The van der Waals surface area contributed by atoms with E-state index in [-0.39, 0.29) is 24.0 Å². The van der Waals surface area contributed by atoms with E-state index in [0.717, 1.165) is 24.8 Å². The highest BCUT2D eigenvalue weighted by Crippen LogP contribution is 2.37. The van der Waals surface area contributed by atoms with E-state index in [1.807, 2.05) is 13.8 Å². The molecule has 0 aromatic heterocycles. The van der Waals surface area contributed by atoms with Crippen molar-refractivity contribution in [3.63, 3.8) is 0 Å². The second kappa shape index (κ2) is 5.51. The van der Waals surface area contributed by atoms with Crippen molar-refractivity contribution in [2.24, 2.45) is 5.41 Å². The van der Waals surface area contributed by atoms with Crippen LogP contribution in [-0.2, 0) is 0 Å². The van der Waals surface area contributed by atoms with E-state index in [1.54, 1.807) is 18.2 Å². The number of carbonyl (C=O) groups excluding carboxylic acids is 1. The van der Waals surface area contributed by atoms with Gasteiger partial charge in [0, 0.05) is 22.0 Å². The third-order valence-corrected chi connectivity index (χ3v) is 4.59. The number of aliphatic hydroxyl groups excluding tert-OH is 1. The highest BCUT2D eigenvalue weighted by atomic mass is 35.5. The second-order valence-electron chi connectivity index (χ2n) is 5.69. The number of rotatable bonds is 3. The van der Waals surface area contributed by atoms with Crippen molar-refractivity contribution in [1.82, 2.24) is 5.32 Å². The van der Waals surface area contributed by atoms with E-state index >= 15 is 0 Å². The fourth-order valence-electron chi connectivity index (χ4n) is 2.70. The van der Waals surface area contributed by atoms with Crippen molar-refractivity contribution in [3.8, 4) is 0 Å². The molecule has 0 radical (unpaired) electrons. The first-order valence-corrected chi connectivity index (χ1v) is 7.02. The van der Waals surface area contributed by atoms with Gasteiger partial charge in [-0.1, -0.05) is 24.9 Å². The van der Waals surface area contributed by atoms with Crippen molar-refractivity contribution in [2.75, 3.05) is 6.61 Å². The molecule has 2 unspecified atom stereocenters. The summed E-state index contributed by atoms with van der Waals surface area (Å²) in [5.74, 6) is -0.0914. The molecule has 104 valence electrons. The Balaban J connectivity index is 2.10. The molecule has 2 atom stereocenters. The van der Waals surface area contributed by atoms with E-state index in [2.05, 4.69) is 5.32 Å². The number of aliphatic hydroxyl groups is 1. The molecular weight excluding hydrogens is 262 g/mol. The molecule has 1 aliphatic carbocycles. The number of halogens is 1. The van der Waals surface area contributed by atoms with Crippen LogP contribution in [0.4, 0.5) is 0 Å². The van der Waals surface area contributed by atoms with Crippen molar-refractivity contribution >= 4 is 17.5 Å². The maximum absolute atomic E-state index is 12.2. The van der Waals surface area contributed by atoms with Crippen LogP contribution >= 0.6 is 11.6 Å². The Morgan fingerprint density at radius 1 is 1.58 bits per heavy atom. The molecule has 1 saturated carbocycles. The highest BCUT2D eigenvalue weighted by Gasteiger charge is 2.39. The van der Waals surface area contributed by atoms with Crippen LogP contribution in [-0.4, -0.2) is 23.7 Å². The summed E-state index contributed by atoms with van der Waals surface area (Å²) in [6.07, 6.45) is 2.92. The van der Waals surface area contributed by atoms with Gasteiger partial charge in [-0.15, -0.1) is 0 Å². The number of amides is 1. The Hall–Kier alpha value is -1.06. The molecule has 3 nitrogen and oxygen atoms in total. The minimum atomic E-state index is -0.197. The molecule has 4 heteroatoms. The Morgan fingerprint density at radius 3 is 2.95 bits per heavy atom. The standard InChI is InChI=1S/C15H20ClNO2/c1-10-8-11(5-6-12(10)16)14(19)17-13-4-3-7-15(13,2)9-18/h5-6,8,13,18H,3-4,7,9H2,1-2H3,(H,17,19). The quantitative estimate of drug-likeness (QED) is 0.895. The van der Waals surface area contributed by atoms with Gasteiger partial charge < -0.3 is 10.4 Å². The lowest BCUT2D eigenvalue weighted by Gasteiger charge is -2.30. The predicted molar refractivity (Wildman–Crippen MR) is 76.5 cm³/mol.